The molecular formula is C15H20ClNO2. The lowest BCUT2D eigenvalue weighted by atomic mass is 9.90. The Kier molecular flexibility index (Phi) is 4.07. The number of methoxy groups -OCH3 is 1. The maximum Gasteiger partial charge on any atom is 0.130 e. The van der Waals surface area contributed by atoms with Gasteiger partial charge in [0.25, 0.3) is 0 Å². The van der Waals surface area contributed by atoms with E-state index in [9.17, 15) is 0 Å². The fourth-order valence-corrected chi connectivity index (χ4v) is 2.89. The second-order valence-electron chi connectivity index (χ2n) is 5.10. The Morgan fingerprint density at radius 2 is 2.16 bits per heavy atom. The van der Waals surface area contributed by atoms with Crippen LogP contribution in [0.15, 0.2) is 18.2 Å². The third kappa shape index (κ3) is 2.33. The number of aryl methyl sites for hydroxylation is 1. The normalized spacial score (nSPS) is 21.4. The minimum atomic E-state index is 0. The largest absolute Gasteiger partial charge is 0.496 e. The molecule has 104 valence electrons. The molecule has 19 heavy (non-hydrogen) atoms. The van der Waals surface area contributed by atoms with Crippen LogP contribution in [-0.2, 0) is 0 Å². The van der Waals surface area contributed by atoms with Crippen molar-refractivity contribution in [3.05, 3.63) is 29.3 Å². The zero-order chi connectivity index (χ0) is 12.7. The summed E-state index contributed by atoms with van der Waals surface area (Å²) in [5, 5.41) is 0. The summed E-state index contributed by atoms with van der Waals surface area (Å²) in [6.07, 6.45) is 3.43. The summed E-state index contributed by atoms with van der Waals surface area (Å²) >= 11 is 0. The van der Waals surface area contributed by atoms with Crippen LogP contribution in [0.5, 0.6) is 11.5 Å². The first-order valence-corrected chi connectivity index (χ1v) is 6.43. The molecule has 0 fully saturated rings. The highest BCUT2D eigenvalue weighted by Gasteiger charge is 2.32. The van der Waals surface area contributed by atoms with Crippen molar-refractivity contribution >= 4 is 18.0 Å². The molecule has 0 saturated heterocycles. The molecule has 4 heteroatoms. The van der Waals surface area contributed by atoms with Crippen LogP contribution in [0.1, 0.15) is 17.5 Å². The first-order chi connectivity index (χ1) is 8.70. The predicted molar refractivity (Wildman–Crippen MR) is 79.5 cm³/mol. The number of halogens is 1. The van der Waals surface area contributed by atoms with Crippen LogP contribution in [0.3, 0.4) is 0 Å². The van der Waals surface area contributed by atoms with E-state index in [1.165, 1.54) is 11.1 Å². The number of fused-ring (bicyclic) bond motifs is 3. The standard InChI is InChI=1S/C15H19NO2.ClH/c1-10-7-13(17-3)15-11-5-4-6-16(2)12(11)9-18-14(15)8-10;/h5,7-8,12H,4,6,9H2,1-3H3;1H. The van der Waals surface area contributed by atoms with E-state index in [4.69, 9.17) is 9.47 Å². The Labute approximate surface area is 120 Å². The monoisotopic (exact) mass is 281 g/mol. The van der Waals surface area contributed by atoms with Crippen LogP contribution in [0.2, 0.25) is 0 Å². The Bertz CT molecular complexity index is 496. The summed E-state index contributed by atoms with van der Waals surface area (Å²) in [5.74, 6) is 1.89. The van der Waals surface area contributed by atoms with Crippen LogP contribution < -0.4 is 9.47 Å². The van der Waals surface area contributed by atoms with Crippen molar-refractivity contribution in [2.24, 2.45) is 0 Å². The maximum absolute atomic E-state index is 5.92. The predicted octanol–water partition coefficient (Wildman–Crippen LogP) is 2.91. The average Bonchev–Trinajstić information content (AvgIpc) is 2.37. The molecule has 1 atom stereocenters. The van der Waals surface area contributed by atoms with E-state index >= 15 is 0 Å². The molecule has 0 radical (unpaired) electrons. The van der Waals surface area contributed by atoms with Crippen molar-refractivity contribution in [3.8, 4) is 11.5 Å². The Balaban J connectivity index is 0.00000133. The third-order valence-corrected chi connectivity index (χ3v) is 3.85. The topological polar surface area (TPSA) is 21.7 Å². The van der Waals surface area contributed by atoms with Gasteiger partial charge in [-0.15, -0.1) is 12.4 Å². The van der Waals surface area contributed by atoms with Crippen LogP contribution in [-0.4, -0.2) is 38.3 Å². The van der Waals surface area contributed by atoms with E-state index in [0.29, 0.717) is 6.04 Å². The van der Waals surface area contributed by atoms with Gasteiger partial charge in [-0.05, 0) is 43.7 Å². The van der Waals surface area contributed by atoms with E-state index in [1.54, 1.807) is 7.11 Å². The summed E-state index contributed by atoms with van der Waals surface area (Å²) < 4.78 is 11.5. The van der Waals surface area contributed by atoms with Crippen LogP contribution in [0.4, 0.5) is 0 Å². The number of ether oxygens (including phenoxy) is 2. The van der Waals surface area contributed by atoms with E-state index in [-0.39, 0.29) is 12.4 Å². The van der Waals surface area contributed by atoms with Crippen molar-refractivity contribution in [3.63, 3.8) is 0 Å². The molecule has 0 N–H and O–H groups in total. The lowest BCUT2D eigenvalue weighted by Crippen LogP contribution is -2.42. The number of benzene rings is 1. The summed E-state index contributed by atoms with van der Waals surface area (Å²) in [6.45, 7) is 3.91. The smallest absolute Gasteiger partial charge is 0.130 e. The fourth-order valence-electron chi connectivity index (χ4n) is 2.89. The molecule has 1 aromatic carbocycles. The maximum atomic E-state index is 5.92. The van der Waals surface area contributed by atoms with Crippen molar-refractivity contribution in [1.29, 1.82) is 0 Å². The number of nitrogens with zero attached hydrogens (tertiary/aromatic N) is 1. The molecule has 0 bridgehead atoms. The number of hydrogen-bond acceptors (Lipinski definition) is 3. The molecular weight excluding hydrogens is 262 g/mol. The van der Waals surface area contributed by atoms with Crippen LogP contribution >= 0.6 is 12.4 Å². The number of likely N-dealkylation sites (N-methyl/N-ethyl adjacent to an activating group) is 1. The van der Waals surface area contributed by atoms with Gasteiger partial charge in [-0.25, -0.2) is 0 Å². The van der Waals surface area contributed by atoms with Gasteiger partial charge in [0, 0.05) is 6.54 Å². The zero-order valence-corrected chi connectivity index (χ0v) is 12.4. The van der Waals surface area contributed by atoms with Crippen molar-refractivity contribution < 1.29 is 9.47 Å². The molecule has 1 aromatic rings. The van der Waals surface area contributed by atoms with Gasteiger partial charge in [0.05, 0.1) is 18.7 Å². The molecule has 0 amide bonds. The Hall–Kier alpha value is -1.19. The molecule has 0 spiro atoms. The van der Waals surface area contributed by atoms with Crippen molar-refractivity contribution in [2.45, 2.75) is 19.4 Å². The molecule has 1 unspecified atom stereocenters. The van der Waals surface area contributed by atoms with Crippen LogP contribution in [0.25, 0.3) is 5.57 Å². The number of hydrogen-bond donors (Lipinski definition) is 0. The van der Waals surface area contributed by atoms with E-state index < -0.39 is 0 Å². The second-order valence-corrected chi connectivity index (χ2v) is 5.10. The quantitative estimate of drug-likeness (QED) is 0.790. The fraction of sp³-hybridized carbons (Fsp3) is 0.467. The van der Waals surface area contributed by atoms with Gasteiger partial charge >= 0.3 is 0 Å². The first kappa shape index (κ1) is 14.2. The molecule has 2 aliphatic rings. The van der Waals surface area contributed by atoms with Gasteiger partial charge in [0.2, 0.25) is 0 Å². The van der Waals surface area contributed by atoms with Gasteiger partial charge in [-0.1, -0.05) is 6.08 Å². The molecule has 3 nitrogen and oxygen atoms in total. The second kappa shape index (κ2) is 5.43. The molecule has 2 heterocycles. The highest BCUT2D eigenvalue weighted by Crippen LogP contribution is 2.43. The Morgan fingerprint density at radius 1 is 1.37 bits per heavy atom. The van der Waals surface area contributed by atoms with Crippen molar-refractivity contribution in [1.82, 2.24) is 4.90 Å². The summed E-state index contributed by atoms with van der Waals surface area (Å²) in [7, 11) is 3.89. The van der Waals surface area contributed by atoms with Gasteiger partial charge in [-0.3, -0.25) is 4.90 Å². The summed E-state index contributed by atoms with van der Waals surface area (Å²) in [4.78, 5) is 2.36. The number of rotatable bonds is 1. The molecule has 0 aromatic heterocycles. The van der Waals surface area contributed by atoms with Crippen LogP contribution in [0, 0.1) is 6.92 Å². The van der Waals surface area contributed by atoms with Gasteiger partial charge in [0.1, 0.15) is 18.1 Å². The summed E-state index contributed by atoms with van der Waals surface area (Å²) in [5.41, 5.74) is 3.68. The van der Waals surface area contributed by atoms with Gasteiger partial charge < -0.3 is 9.47 Å². The molecule has 2 aliphatic heterocycles. The zero-order valence-electron chi connectivity index (χ0n) is 11.6. The first-order valence-electron chi connectivity index (χ1n) is 6.43. The highest BCUT2D eigenvalue weighted by molar-refractivity contribution is 5.85. The SMILES string of the molecule is COc1cc(C)cc2c1C1=CCCN(C)C1CO2.Cl. The Morgan fingerprint density at radius 3 is 2.89 bits per heavy atom. The van der Waals surface area contributed by atoms with E-state index in [1.807, 2.05) is 0 Å². The van der Waals surface area contributed by atoms with Crippen molar-refractivity contribution in [2.75, 3.05) is 27.3 Å². The molecule has 3 rings (SSSR count). The minimum Gasteiger partial charge on any atom is -0.496 e. The molecule has 0 saturated carbocycles. The van der Waals surface area contributed by atoms with Gasteiger partial charge in [-0.2, -0.15) is 0 Å². The van der Waals surface area contributed by atoms with E-state index in [0.717, 1.165) is 36.6 Å². The average molecular weight is 282 g/mol. The summed E-state index contributed by atoms with van der Waals surface area (Å²) in [6, 6.07) is 4.55. The molecule has 0 aliphatic carbocycles. The minimum absolute atomic E-state index is 0. The van der Waals surface area contributed by atoms with E-state index in [2.05, 4.69) is 37.1 Å². The van der Waals surface area contributed by atoms with Gasteiger partial charge in [0.15, 0.2) is 0 Å². The lowest BCUT2D eigenvalue weighted by Gasteiger charge is -2.38. The third-order valence-electron chi connectivity index (χ3n) is 3.85. The highest BCUT2D eigenvalue weighted by atomic mass is 35.5. The lowest BCUT2D eigenvalue weighted by molar-refractivity contribution is 0.182.